The molecule has 1 aromatic heterocycles. The molecule has 0 amide bonds. The molecule has 1 atom stereocenters. The highest BCUT2D eigenvalue weighted by molar-refractivity contribution is 7.79. The Morgan fingerprint density at radius 1 is 0.594 bits per heavy atom. The van der Waals surface area contributed by atoms with Gasteiger partial charge in [0.1, 0.15) is 0 Å². The van der Waals surface area contributed by atoms with Crippen LogP contribution in [0.5, 0.6) is 0 Å². The summed E-state index contributed by atoms with van der Waals surface area (Å²) in [6, 6.07) is 37.3. The largest absolute Gasteiger partial charge is 0.264 e. The van der Waals surface area contributed by atoms with E-state index in [4.69, 9.17) is 4.98 Å². The predicted octanol–water partition coefficient (Wildman–Crippen LogP) is 6.60. The maximum absolute atomic E-state index is 14.0. The molecule has 1 unspecified atom stereocenters. The summed E-state index contributed by atoms with van der Waals surface area (Å²) in [5.74, 6) is 0. The van der Waals surface area contributed by atoms with Crippen LogP contribution in [0.15, 0.2) is 115 Å². The van der Waals surface area contributed by atoms with E-state index in [1.807, 2.05) is 48.5 Å². The first kappa shape index (κ1) is 20.5. The summed E-state index contributed by atoms with van der Waals surface area (Å²) in [4.78, 5) is 4.85. The Morgan fingerprint density at radius 2 is 1.16 bits per heavy atom. The number of alkyl halides is 2. The van der Waals surface area contributed by atoms with Crippen molar-refractivity contribution in [3.63, 3.8) is 0 Å². The molecule has 32 heavy (non-hydrogen) atoms. The van der Waals surface area contributed by atoms with Crippen molar-refractivity contribution in [3.8, 4) is 11.1 Å². The van der Waals surface area contributed by atoms with E-state index in [0.29, 0.717) is 16.3 Å². The molecule has 1 heterocycles. The number of aromatic nitrogens is 1. The topological polar surface area (TPSA) is 12.9 Å². The van der Waals surface area contributed by atoms with Crippen LogP contribution in [0.4, 0.5) is 8.78 Å². The highest BCUT2D eigenvalue weighted by Gasteiger charge is 2.22. The zero-order chi connectivity index (χ0) is 21.9. The Morgan fingerprint density at radius 3 is 1.84 bits per heavy atom. The number of hydrogen-bond acceptors (Lipinski definition) is 1. The molecular formula is C28H20F2NP. The van der Waals surface area contributed by atoms with Crippen LogP contribution in [0.1, 0.15) is 12.0 Å². The van der Waals surface area contributed by atoms with Crippen LogP contribution >= 0.6 is 7.92 Å². The van der Waals surface area contributed by atoms with E-state index in [-0.39, 0.29) is 5.56 Å². The van der Waals surface area contributed by atoms with Crippen molar-refractivity contribution in [1.29, 1.82) is 0 Å². The second-order valence-corrected chi connectivity index (χ2v) is 9.63. The molecule has 0 radical (unpaired) electrons. The Kier molecular flexibility index (Phi) is 5.75. The number of nitrogens with zero attached hydrogens (tertiary/aromatic N) is 1. The van der Waals surface area contributed by atoms with E-state index in [0.717, 1.165) is 21.7 Å². The lowest BCUT2D eigenvalue weighted by Crippen LogP contribution is -2.23. The second kappa shape index (κ2) is 8.98. The third-order valence-corrected chi connectivity index (χ3v) is 7.76. The van der Waals surface area contributed by atoms with Gasteiger partial charge in [0.05, 0.1) is 11.0 Å². The molecule has 0 saturated carbocycles. The van der Waals surface area contributed by atoms with Crippen molar-refractivity contribution in [3.05, 3.63) is 121 Å². The van der Waals surface area contributed by atoms with Crippen molar-refractivity contribution in [2.24, 2.45) is 0 Å². The smallest absolute Gasteiger partial charge is 0.247 e. The summed E-state index contributed by atoms with van der Waals surface area (Å²) in [5, 5.41) is 2.67. The summed E-state index contributed by atoms with van der Waals surface area (Å²) >= 11 is 0. The molecule has 0 fully saturated rings. The highest BCUT2D eigenvalue weighted by atomic mass is 31.1. The first-order chi connectivity index (χ1) is 15.7. The van der Waals surface area contributed by atoms with Gasteiger partial charge in [-0.1, -0.05) is 103 Å². The van der Waals surface area contributed by atoms with Gasteiger partial charge in [0.25, 0.3) is 6.43 Å². The van der Waals surface area contributed by atoms with Gasteiger partial charge in [-0.15, -0.1) is 0 Å². The summed E-state index contributed by atoms with van der Waals surface area (Å²) in [6.07, 6.45) is -2.56. The van der Waals surface area contributed by atoms with Crippen LogP contribution in [0.2, 0.25) is 0 Å². The van der Waals surface area contributed by atoms with Crippen LogP contribution in [-0.2, 0) is 0 Å². The number of fused-ring (bicyclic) bond motifs is 1. The van der Waals surface area contributed by atoms with Crippen molar-refractivity contribution in [2.45, 2.75) is 6.43 Å². The van der Waals surface area contributed by atoms with Gasteiger partial charge in [0.2, 0.25) is 0 Å². The van der Waals surface area contributed by atoms with E-state index in [2.05, 4.69) is 48.5 Å². The molecule has 5 aromatic rings. The summed E-state index contributed by atoms with van der Waals surface area (Å²) in [7, 11) is -1.09. The third-order valence-electron chi connectivity index (χ3n) is 5.45. The van der Waals surface area contributed by atoms with E-state index >= 15 is 0 Å². The zero-order valence-electron chi connectivity index (χ0n) is 17.2. The Balaban J connectivity index is 1.66. The molecule has 0 bridgehead atoms. The molecule has 1 nitrogen and oxygen atoms in total. The fourth-order valence-electron chi connectivity index (χ4n) is 3.91. The summed E-state index contributed by atoms with van der Waals surface area (Å²) < 4.78 is 27.9. The minimum atomic E-state index is -2.56. The molecule has 0 spiro atoms. The van der Waals surface area contributed by atoms with E-state index in [1.54, 1.807) is 18.2 Å². The van der Waals surface area contributed by atoms with E-state index in [9.17, 15) is 8.78 Å². The predicted molar refractivity (Wildman–Crippen MR) is 131 cm³/mol. The SMILES string of the molecule is FC(F)c1cc(P(c2ccccc2)c2ccc(-c3ccccc3)cc2)nc2ccccc12. The van der Waals surface area contributed by atoms with Gasteiger partial charge in [0, 0.05) is 18.9 Å². The molecule has 4 aromatic carbocycles. The van der Waals surface area contributed by atoms with Gasteiger partial charge in [0.15, 0.2) is 0 Å². The van der Waals surface area contributed by atoms with Gasteiger partial charge in [-0.2, -0.15) is 0 Å². The maximum atomic E-state index is 14.0. The lowest BCUT2D eigenvalue weighted by Gasteiger charge is -2.20. The number of halogens is 2. The van der Waals surface area contributed by atoms with Crippen LogP contribution in [-0.4, -0.2) is 4.98 Å². The first-order valence-corrected chi connectivity index (χ1v) is 11.7. The van der Waals surface area contributed by atoms with E-state index in [1.165, 1.54) is 0 Å². The van der Waals surface area contributed by atoms with Crippen molar-refractivity contribution >= 4 is 34.9 Å². The van der Waals surface area contributed by atoms with Crippen LogP contribution < -0.4 is 16.0 Å². The molecule has 5 rings (SSSR count). The average molecular weight is 439 g/mol. The van der Waals surface area contributed by atoms with Crippen molar-refractivity contribution in [1.82, 2.24) is 4.98 Å². The standard InChI is InChI=1S/C28H20F2NP/c29-28(30)25-19-27(31-26-14-8-7-13-24(25)26)32(22-11-5-2-6-12-22)23-17-15-21(16-18-23)20-9-3-1-4-10-20/h1-19,28H. The maximum Gasteiger partial charge on any atom is 0.264 e. The molecule has 0 aliphatic carbocycles. The third kappa shape index (κ3) is 4.04. The van der Waals surface area contributed by atoms with Gasteiger partial charge in [-0.05, 0) is 33.9 Å². The number of pyridine rings is 1. The normalized spacial score (nSPS) is 12.2. The lowest BCUT2D eigenvalue weighted by molar-refractivity contribution is 0.153. The van der Waals surface area contributed by atoms with Gasteiger partial charge < -0.3 is 0 Å². The van der Waals surface area contributed by atoms with Gasteiger partial charge in [-0.25, -0.2) is 13.8 Å². The highest BCUT2D eigenvalue weighted by Crippen LogP contribution is 2.36. The molecule has 0 aliphatic heterocycles. The Bertz CT molecular complexity index is 1340. The molecule has 4 heteroatoms. The molecule has 0 N–H and O–H groups in total. The van der Waals surface area contributed by atoms with Crippen molar-refractivity contribution < 1.29 is 8.78 Å². The summed E-state index contributed by atoms with van der Waals surface area (Å²) in [5.41, 5.74) is 3.59. The van der Waals surface area contributed by atoms with E-state index < -0.39 is 14.3 Å². The first-order valence-electron chi connectivity index (χ1n) is 10.4. The second-order valence-electron chi connectivity index (χ2n) is 7.47. The average Bonchev–Trinajstić information content (AvgIpc) is 2.85. The number of para-hydroxylation sites is 1. The van der Waals surface area contributed by atoms with Crippen molar-refractivity contribution in [2.75, 3.05) is 0 Å². The minimum Gasteiger partial charge on any atom is -0.247 e. The lowest BCUT2D eigenvalue weighted by atomic mass is 10.1. The number of rotatable bonds is 5. The van der Waals surface area contributed by atoms with Crippen LogP contribution in [0.25, 0.3) is 22.0 Å². The Labute approximate surface area is 187 Å². The van der Waals surface area contributed by atoms with Gasteiger partial charge >= 0.3 is 0 Å². The molecule has 0 saturated heterocycles. The number of benzene rings is 4. The summed E-state index contributed by atoms with van der Waals surface area (Å²) in [6.45, 7) is 0. The monoisotopic (exact) mass is 439 g/mol. The van der Waals surface area contributed by atoms with Crippen LogP contribution in [0.3, 0.4) is 0 Å². The van der Waals surface area contributed by atoms with Gasteiger partial charge in [-0.3, -0.25) is 0 Å². The van der Waals surface area contributed by atoms with Crippen LogP contribution in [0, 0.1) is 0 Å². The number of hydrogen-bond donors (Lipinski definition) is 0. The fraction of sp³-hybridized carbons (Fsp3) is 0.0357. The Hall–Kier alpha value is -3.42. The zero-order valence-corrected chi connectivity index (χ0v) is 18.1. The fourth-order valence-corrected chi connectivity index (χ4v) is 6.13. The quantitative estimate of drug-likeness (QED) is 0.281. The molecular weight excluding hydrogens is 419 g/mol. The molecule has 0 aliphatic rings. The minimum absolute atomic E-state index is 0.0370. The molecule has 156 valence electrons.